The van der Waals surface area contributed by atoms with Crippen LogP contribution in [0.4, 0.5) is 0 Å². The third kappa shape index (κ3) is 3.93. The highest BCUT2D eigenvalue weighted by molar-refractivity contribution is 5.94. The average Bonchev–Trinajstić information content (AvgIpc) is 2.84. The molecule has 2 heterocycles. The highest BCUT2D eigenvalue weighted by atomic mass is 16.6. The van der Waals surface area contributed by atoms with Gasteiger partial charge in [0.25, 0.3) is 11.5 Å². The minimum absolute atomic E-state index is 0.114. The van der Waals surface area contributed by atoms with Crippen molar-refractivity contribution in [1.82, 2.24) is 14.5 Å². The van der Waals surface area contributed by atoms with E-state index in [1.165, 1.54) is 0 Å². The molecule has 33 heavy (non-hydrogen) atoms. The Morgan fingerprint density at radius 2 is 1.73 bits per heavy atom. The van der Waals surface area contributed by atoms with Crippen LogP contribution in [0.25, 0.3) is 16.6 Å². The van der Waals surface area contributed by atoms with Crippen LogP contribution in [-0.4, -0.2) is 40.6 Å². The first-order valence-electron chi connectivity index (χ1n) is 10.7. The van der Waals surface area contributed by atoms with Gasteiger partial charge in [-0.25, -0.2) is 4.98 Å². The van der Waals surface area contributed by atoms with Crippen LogP contribution in [0.15, 0.2) is 71.5 Å². The van der Waals surface area contributed by atoms with Crippen molar-refractivity contribution in [2.24, 2.45) is 0 Å². The minimum atomic E-state index is -0.132. The summed E-state index contributed by atoms with van der Waals surface area (Å²) in [6.45, 7) is 3.30. The molecule has 5 rings (SSSR count). The second-order valence-electron chi connectivity index (χ2n) is 8.00. The molecular weight excluding hydrogens is 418 g/mol. The van der Waals surface area contributed by atoms with Crippen molar-refractivity contribution in [3.05, 3.63) is 94.0 Å². The highest BCUT2D eigenvalue weighted by Crippen LogP contribution is 2.31. The largest absolute Gasteiger partial charge is 0.486 e. The van der Waals surface area contributed by atoms with Gasteiger partial charge in [-0.1, -0.05) is 18.2 Å². The van der Waals surface area contributed by atoms with Crippen LogP contribution in [0.2, 0.25) is 0 Å². The van der Waals surface area contributed by atoms with E-state index >= 15 is 0 Å². The van der Waals surface area contributed by atoms with Gasteiger partial charge in [0, 0.05) is 19.2 Å². The zero-order valence-corrected chi connectivity index (χ0v) is 18.4. The van der Waals surface area contributed by atoms with Gasteiger partial charge in [0.1, 0.15) is 19.0 Å². The fourth-order valence-electron chi connectivity index (χ4n) is 4.05. The molecule has 0 N–H and O–H groups in total. The molecule has 1 aliphatic heterocycles. The molecular formula is C26H23N3O4. The van der Waals surface area contributed by atoms with Gasteiger partial charge in [0.15, 0.2) is 11.5 Å². The third-order valence-corrected chi connectivity index (χ3v) is 5.69. The number of aromatic nitrogens is 2. The molecule has 4 aromatic rings. The maximum atomic E-state index is 13.0. The third-order valence-electron chi connectivity index (χ3n) is 5.69. The van der Waals surface area contributed by atoms with E-state index in [-0.39, 0.29) is 11.5 Å². The highest BCUT2D eigenvalue weighted by Gasteiger charge is 2.16. The van der Waals surface area contributed by atoms with E-state index in [1.54, 1.807) is 53.8 Å². The molecule has 1 amide bonds. The van der Waals surface area contributed by atoms with Crippen molar-refractivity contribution < 1.29 is 14.3 Å². The topological polar surface area (TPSA) is 73.7 Å². The number of hydrogen-bond acceptors (Lipinski definition) is 5. The van der Waals surface area contributed by atoms with Gasteiger partial charge in [0.05, 0.1) is 16.6 Å². The monoisotopic (exact) mass is 441 g/mol. The lowest BCUT2D eigenvalue weighted by molar-refractivity contribution is 0.0785. The molecule has 0 fully saturated rings. The predicted octanol–water partition coefficient (Wildman–Crippen LogP) is 3.74. The van der Waals surface area contributed by atoms with Crippen LogP contribution in [0.5, 0.6) is 11.5 Å². The lowest BCUT2D eigenvalue weighted by atomic mass is 10.1. The zero-order chi connectivity index (χ0) is 22.9. The molecule has 0 saturated heterocycles. The first-order chi connectivity index (χ1) is 16.0. The quantitative estimate of drug-likeness (QED) is 0.482. The Labute approximate surface area is 190 Å². The van der Waals surface area contributed by atoms with E-state index < -0.39 is 0 Å². The Bertz CT molecular complexity index is 1410. The maximum Gasteiger partial charge on any atom is 0.265 e. The fraction of sp³-hybridized carbons (Fsp3) is 0.192. The Morgan fingerprint density at radius 1 is 1.00 bits per heavy atom. The molecule has 0 unspecified atom stereocenters. The van der Waals surface area contributed by atoms with E-state index in [2.05, 4.69) is 4.98 Å². The first-order valence-corrected chi connectivity index (χ1v) is 10.7. The molecule has 0 saturated carbocycles. The maximum absolute atomic E-state index is 13.0. The number of hydrogen-bond donors (Lipinski definition) is 0. The second kappa shape index (κ2) is 8.43. The lowest BCUT2D eigenvalue weighted by Gasteiger charge is -2.21. The number of rotatable bonds is 4. The Balaban J connectivity index is 1.37. The molecule has 0 bridgehead atoms. The number of para-hydroxylation sites is 1. The summed E-state index contributed by atoms with van der Waals surface area (Å²) < 4.78 is 12.7. The molecule has 7 heteroatoms. The van der Waals surface area contributed by atoms with Gasteiger partial charge in [-0.05, 0) is 61.0 Å². The summed E-state index contributed by atoms with van der Waals surface area (Å²) >= 11 is 0. The van der Waals surface area contributed by atoms with Crippen molar-refractivity contribution in [2.75, 3.05) is 20.3 Å². The number of aryl methyl sites for hydroxylation is 1. The van der Waals surface area contributed by atoms with Crippen molar-refractivity contribution >= 4 is 16.8 Å². The molecule has 166 valence electrons. The first kappa shape index (κ1) is 20.8. The van der Waals surface area contributed by atoms with Crippen LogP contribution >= 0.6 is 0 Å². The Hall–Kier alpha value is -4.13. The van der Waals surface area contributed by atoms with Gasteiger partial charge in [-0.15, -0.1) is 0 Å². The van der Waals surface area contributed by atoms with Gasteiger partial charge >= 0.3 is 0 Å². The van der Waals surface area contributed by atoms with Crippen LogP contribution in [0.3, 0.4) is 0 Å². The average molecular weight is 441 g/mol. The van der Waals surface area contributed by atoms with Crippen molar-refractivity contribution in [1.29, 1.82) is 0 Å². The Morgan fingerprint density at radius 3 is 2.52 bits per heavy atom. The van der Waals surface area contributed by atoms with E-state index in [4.69, 9.17) is 9.47 Å². The molecule has 7 nitrogen and oxygen atoms in total. The summed E-state index contributed by atoms with van der Waals surface area (Å²) in [5.74, 6) is 1.91. The number of carbonyl (C=O) groups excluding carboxylic acids is 1. The van der Waals surface area contributed by atoms with Gasteiger partial charge in [0.2, 0.25) is 0 Å². The van der Waals surface area contributed by atoms with Crippen molar-refractivity contribution in [2.45, 2.75) is 13.5 Å². The number of benzene rings is 3. The number of fused-ring (bicyclic) bond motifs is 2. The van der Waals surface area contributed by atoms with E-state index in [1.807, 2.05) is 36.4 Å². The lowest BCUT2D eigenvalue weighted by Crippen LogP contribution is -2.26. The van der Waals surface area contributed by atoms with E-state index in [9.17, 15) is 9.59 Å². The van der Waals surface area contributed by atoms with Gasteiger partial charge in [-0.2, -0.15) is 0 Å². The number of ether oxygens (including phenoxy) is 2. The minimum Gasteiger partial charge on any atom is -0.486 e. The summed E-state index contributed by atoms with van der Waals surface area (Å²) in [6.07, 6.45) is 0. The zero-order valence-electron chi connectivity index (χ0n) is 18.4. The van der Waals surface area contributed by atoms with Crippen LogP contribution in [0, 0.1) is 6.92 Å². The van der Waals surface area contributed by atoms with E-state index in [0.29, 0.717) is 53.5 Å². The number of carbonyl (C=O) groups is 1. The molecule has 3 aromatic carbocycles. The summed E-state index contributed by atoms with van der Waals surface area (Å²) in [6, 6.07) is 20.0. The van der Waals surface area contributed by atoms with Gasteiger partial charge < -0.3 is 14.4 Å². The summed E-state index contributed by atoms with van der Waals surface area (Å²) in [4.78, 5) is 32.2. The molecule has 0 radical (unpaired) electrons. The molecule has 1 aliphatic rings. The Kier molecular flexibility index (Phi) is 5.30. The molecule has 1 aromatic heterocycles. The summed E-state index contributed by atoms with van der Waals surface area (Å²) in [5, 5.41) is 0.558. The number of nitrogens with zero attached hydrogens (tertiary/aromatic N) is 3. The van der Waals surface area contributed by atoms with Gasteiger partial charge in [-0.3, -0.25) is 14.2 Å². The molecule has 0 aliphatic carbocycles. The van der Waals surface area contributed by atoms with Crippen LogP contribution in [-0.2, 0) is 6.54 Å². The summed E-state index contributed by atoms with van der Waals surface area (Å²) in [7, 11) is 1.76. The summed E-state index contributed by atoms with van der Waals surface area (Å²) in [5.41, 5.74) is 2.70. The van der Waals surface area contributed by atoms with Crippen molar-refractivity contribution in [3.63, 3.8) is 0 Å². The van der Waals surface area contributed by atoms with Crippen LogP contribution in [0.1, 0.15) is 21.7 Å². The van der Waals surface area contributed by atoms with E-state index in [0.717, 1.165) is 11.3 Å². The number of amides is 1. The standard InChI is InChI=1S/C26H23N3O4/c1-17-27-22-6-4-3-5-21(22)26(31)29(17)20-10-8-19(9-11-20)25(30)28(2)16-18-7-12-23-24(15-18)33-14-13-32-23/h3-12,15H,13-14,16H2,1-2H3. The predicted molar refractivity (Wildman–Crippen MR) is 125 cm³/mol. The smallest absolute Gasteiger partial charge is 0.265 e. The molecule has 0 atom stereocenters. The van der Waals surface area contributed by atoms with Crippen LogP contribution < -0.4 is 15.0 Å². The SMILES string of the molecule is Cc1nc2ccccc2c(=O)n1-c1ccc(C(=O)N(C)Cc2ccc3c(c2)OCCO3)cc1. The van der Waals surface area contributed by atoms with Crippen molar-refractivity contribution in [3.8, 4) is 17.2 Å². The molecule has 0 spiro atoms. The fourth-order valence-corrected chi connectivity index (χ4v) is 4.05. The normalized spacial score (nSPS) is 12.5. The second-order valence-corrected chi connectivity index (χ2v) is 8.00.